The number of hydrogen-bond acceptors (Lipinski definition) is 5. The SMILES string of the molecule is Cc1nn(-c2ncc(NC(=O)c3cccn(C)c3=O)cn2)c(C)c1C. The standard InChI is InChI=1S/C17H18N6O2/c1-10-11(2)21-23(12(10)3)17-18-8-13(9-19-17)20-15(24)14-6-5-7-22(4)16(14)25/h5-9H,1-4H3,(H,20,24). The van der Waals surface area contributed by atoms with Gasteiger partial charge in [0.2, 0.25) is 0 Å². The molecule has 1 amide bonds. The molecule has 3 aromatic rings. The van der Waals surface area contributed by atoms with Crippen LogP contribution in [0.5, 0.6) is 0 Å². The van der Waals surface area contributed by atoms with E-state index in [1.165, 1.54) is 23.0 Å². The van der Waals surface area contributed by atoms with Crippen LogP contribution >= 0.6 is 0 Å². The van der Waals surface area contributed by atoms with Crippen LogP contribution in [-0.2, 0) is 7.05 Å². The van der Waals surface area contributed by atoms with Gasteiger partial charge in [-0.1, -0.05) is 0 Å². The minimum Gasteiger partial charge on any atom is -0.319 e. The molecule has 0 bridgehead atoms. The summed E-state index contributed by atoms with van der Waals surface area (Å²) in [6.45, 7) is 5.86. The minimum absolute atomic E-state index is 0.0586. The number of nitrogens with zero attached hydrogens (tertiary/aromatic N) is 5. The number of rotatable bonds is 3. The number of aromatic nitrogens is 5. The van der Waals surface area contributed by atoms with Crippen molar-refractivity contribution in [3.63, 3.8) is 0 Å². The molecule has 1 N–H and O–H groups in total. The van der Waals surface area contributed by atoms with Gasteiger partial charge >= 0.3 is 0 Å². The Morgan fingerprint density at radius 1 is 1.16 bits per heavy atom. The fourth-order valence-corrected chi connectivity index (χ4v) is 2.38. The van der Waals surface area contributed by atoms with E-state index >= 15 is 0 Å². The maximum atomic E-state index is 12.2. The molecule has 3 rings (SSSR count). The Labute approximate surface area is 144 Å². The Kier molecular flexibility index (Phi) is 4.18. The molecule has 0 spiro atoms. The normalized spacial score (nSPS) is 10.7. The van der Waals surface area contributed by atoms with Gasteiger partial charge in [-0.3, -0.25) is 9.59 Å². The highest BCUT2D eigenvalue weighted by Gasteiger charge is 2.13. The highest BCUT2D eigenvalue weighted by Crippen LogP contribution is 2.15. The highest BCUT2D eigenvalue weighted by molar-refractivity contribution is 6.03. The molecule has 0 atom stereocenters. The van der Waals surface area contributed by atoms with Gasteiger partial charge in [0.25, 0.3) is 17.4 Å². The van der Waals surface area contributed by atoms with Gasteiger partial charge in [-0.2, -0.15) is 5.10 Å². The lowest BCUT2D eigenvalue weighted by Gasteiger charge is -2.07. The second-order valence-corrected chi connectivity index (χ2v) is 5.77. The van der Waals surface area contributed by atoms with Gasteiger partial charge in [-0.05, 0) is 38.5 Å². The first-order valence-electron chi connectivity index (χ1n) is 7.70. The van der Waals surface area contributed by atoms with Crippen LogP contribution in [0.1, 0.15) is 27.3 Å². The van der Waals surface area contributed by atoms with Gasteiger partial charge in [0.15, 0.2) is 0 Å². The lowest BCUT2D eigenvalue weighted by molar-refractivity contribution is 0.102. The van der Waals surface area contributed by atoms with E-state index in [1.807, 2.05) is 20.8 Å². The zero-order chi connectivity index (χ0) is 18.1. The highest BCUT2D eigenvalue weighted by atomic mass is 16.2. The van der Waals surface area contributed by atoms with E-state index in [-0.39, 0.29) is 11.1 Å². The Hall–Kier alpha value is -3.29. The fraction of sp³-hybridized carbons (Fsp3) is 0.235. The van der Waals surface area contributed by atoms with E-state index in [1.54, 1.807) is 24.0 Å². The molecule has 0 aliphatic rings. The topological polar surface area (TPSA) is 94.7 Å². The molecule has 3 heterocycles. The maximum absolute atomic E-state index is 12.2. The first-order chi connectivity index (χ1) is 11.9. The third kappa shape index (κ3) is 3.06. The summed E-state index contributed by atoms with van der Waals surface area (Å²) in [4.78, 5) is 32.7. The molecule has 0 saturated heterocycles. The predicted molar refractivity (Wildman–Crippen MR) is 93.0 cm³/mol. The van der Waals surface area contributed by atoms with E-state index in [0.29, 0.717) is 11.6 Å². The molecule has 0 aliphatic heterocycles. The van der Waals surface area contributed by atoms with Crippen molar-refractivity contribution >= 4 is 11.6 Å². The zero-order valence-electron chi connectivity index (χ0n) is 14.4. The lowest BCUT2D eigenvalue weighted by Crippen LogP contribution is -2.27. The molecule has 8 heteroatoms. The van der Waals surface area contributed by atoms with Crippen molar-refractivity contribution in [3.8, 4) is 5.95 Å². The summed E-state index contributed by atoms with van der Waals surface area (Å²) in [5, 5.41) is 7.03. The minimum atomic E-state index is -0.500. The van der Waals surface area contributed by atoms with E-state index in [9.17, 15) is 9.59 Å². The van der Waals surface area contributed by atoms with Gasteiger partial charge in [-0.25, -0.2) is 14.6 Å². The summed E-state index contributed by atoms with van der Waals surface area (Å²) in [6, 6.07) is 3.12. The van der Waals surface area contributed by atoms with Crippen LogP contribution < -0.4 is 10.9 Å². The smallest absolute Gasteiger partial charge is 0.263 e. The number of carbonyl (C=O) groups excluding carboxylic acids is 1. The quantitative estimate of drug-likeness (QED) is 0.781. The summed E-state index contributed by atoms with van der Waals surface area (Å²) in [6.07, 6.45) is 4.56. The molecule has 128 valence electrons. The molecule has 0 unspecified atom stereocenters. The third-order valence-corrected chi connectivity index (χ3v) is 4.11. The average molecular weight is 338 g/mol. The van der Waals surface area contributed by atoms with Gasteiger partial charge in [0, 0.05) is 18.9 Å². The van der Waals surface area contributed by atoms with Gasteiger partial charge in [0.05, 0.1) is 23.8 Å². The fourth-order valence-electron chi connectivity index (χ4n) is 2.38. The Morgan fingerprint density at radius 3 is 2.44 bits per heavy atom. The van der Waals surface area contributed by atoms with Gasteiger partial charge < -0.3 is 9.88 Å². The number of amides is 1. The number of hydrogen-bond donors (Lipinski definition) is 1. The van der Waals surface area contributed by atoms with Crippen molar-refractivity contribution < 1.29 is 4.79 Å². The second kappa shape index (κ2) is 6.31. The molecule has 8 nitrogen and oxygen atoms in total. The van der Waals surface area contributed by atoms with Crippen LogP contribution in [0.15, 0.2) is 35.5 Å². The Bertz CT molecular complexity index is 1000. The Balaban J connectivity index is 1.83. The first kappa shape index (κ1) is 16.6. The molecular weight excluding hydrogens is 320 g/mol. The maximum Gasteiger partial charge on any atom is 0.263 e. The molecule has 0 saturated carbocycles. The van der Waals surface area contributed by atoms with Crippen LogP contribution in [0.3, 0.4) is 0 Å². The molecule has 0 aromatic carbocycles. The Morgan fingerprint density at radius 2 is 1.84 bits per heavy atom. The lowest BCUT2D eigenvalue weighted by atomic mass is 10.2. The third-order valence-electron chi connectivity index (χ3n) is 4.11. The second-order valence-electron chi connectivity index (χ2n) is 5.77. The van der Waals surface area contributed by atoms with E-state index in [0.717, 1.165) is 17.0 Å². The number of aryl methyl sites for hydroxylation is 2. The van der Waals surface area contributed by atoms with Crippen molar-refractivity contribution in [2.45, 2.75) is 20.8 Å². The molecule has 0 fully saturated rings. The molecule has 0 aliphatic carbocycles. The van der Waals surface area contributed by atoms with Crippen LogP contribution in [-0.4, -0.2) is 30.2 Å². The van der Waals surface area contributed by atoms with E-state index in [4.69, 9.17) is 0 Å². The van der Waals surface area contributed by atoms with Crippen molar-refractivity contribution in [3.05, 3.63) is 63.6 Å². The van der Waals surface area contributed by atoms with Gasteiger partial charge in [-0.15, -0.1) is 0 Å². The molecule has 0 radical (unpaired) electrons. The summed E-state index contributed by atoms with van der Waals surface area (Å²) in [7, 11) is 1.59. The van der Waals surface area contributed by atoms with Crippen LogP contribution in [0, 0.1) is 20.8 Å². The summed E-state index contributed by atoms with van der Waals surface area (Å²) >= 11 is 0. The summed E-state index contributed by atoms with van der Waals surface area (Å²) in [5.41, 5.74) is 3.05. The largest absolute Gasteiger partial charge is 0.319 e. The average Bonchev–Trinajstić information content (AvgIpc) is 2.85. The van der Waals surface area contributed by atoms with Crippen molar-refractivity contribution in [2.24, 2.45) is 7.05 Å². The van der Waals surface area contributed by atoms with Crippen LogP contribution in [0.2, 0.25) is 0 Å². The van der Waals surface area contributed by atoms with Crippen molar-refractivity contribution in [1.29, 1.82) is 0 Å². The number of nitrogens with one attached hydrogen (secondary N) is 1. The predicted octanol–water partition coefficient (Wildman–Crippen LogP) is 1.54. The van der Waals surface area contributed by atoms with Crippen LogP contribution in [0.25, 0.3) is 5.95 Å². The zero-order valence-corrected chi connectivity index (χ0v) is 14.4. The van der Waals surface area contributed by atoms with E-state index < -0.39 is 5.91 Å². The molecule has 25 heavy (non-hydrogen) atoms. The van der Waals surface area contributed by atoms with E-state index in [2.05, 4.69) is 20.4 Å². The van der Waals surface area contributed by atoms with Crippen LogP contribution in [0.4, 0.5) is 5.69 Å². The summed E-state index contributed by atoms with van der Waals surface area (Å²) in [5.74, 6) is -0.0816. The first-order valence-corrected chi connectivity index (χ1v) is 7.70. The number of carbonyl (C=O) groups is 1. The monoisotopic (exact) mass is 338 g/mol. The van der Waals surface area contributed by atoms with Gasteiger partial charge in [0.1, 0.15) is 5.56 Å². The van der Waals surface area contributed by atoms with Crippen molar-refractivity contribution in [2.75, 3.05) is 5.32 Å². The number of anilines is 1. The molecular formula is C17H18N6O2. The summed E-state index contributed by atoms with van der Waals surface area (Å²) < 4.78 is 3.00. The van der Waals surface area contributed by atoms with Crippen molar-refractivity contribution in [1.82, 2.24) is 24.3 Å². The number of pyridine rings is 1. The molecule has 3 aromatic heterocycles.